The third-order valence-electron chi connectivity index (χ3n) is 4.45. The largest absolute Gasteiger partial charge is 0.493 e. The first-order valence-corrected chi connectivity index (χ1v) is 9.72. The molecule has 1 aliphatic rings. The third-order valence-corrected chi connectivity index (χ3v) is 4.76. The van der Waals surface area contributed by atoms with Crippen LogP contribution in [0, 0.1) is 0 Å². The highest BCUT2D eigenvalue weighted by Gasteiger charge is 2.24. The molecule has 0 bridgehead atoms. The number of ether oxygens (including phenoxy) is 2. The molecule has 0 unspecified atom stereocenters. The second kappa shape index (κ2) is 9.49. The van der Waals surface area contributed by atoms with Crippen LogP contribution < -0.4 is 25.4 Å². The molecule has 1 saturated carbocycles. The number of halogens is 1. The Morgan fingerprint density at radius 3 is 2.47 bits per heavy atom. The zero-order valence-electron chi connectivity index (χ0n) is 16.6. The van der Waals surface area contributed by atoms with Crippen molar-refractivity contribution in [1.29, 1.82) is 0 Å². The monoisotopic (exact) mass is 431 g/mol. The van der Waals surface area contributed by atoms with Crippen molar-refractivity contribution in [2.75, 3.05) is 26.1 Å². The molecule has 3 amide bonds. The first kappa shape index (κ1) is 21.4. The molecule has 0 aromatic heterocycles. The Kier molecular flexibility index (Phi) is 6.79. The van der Waals surface area contributed by atoms with Crippen LogP contribution in [-0.2, 0) is 4.79 Å². The van der Waals surface area contributed by atoms with Gasteiger partial charge in [0, 0.05) is 24.3 Å². The van der Waals surface area contributed by atoms with E-state index in [2.05, 4.69) is 16.0 Å². The lowest BCUT2D eigenvalue weighted by Gasteiger charge is -2.12. The number of likely N-dealkylation sites (N-methyl/N-ethyl adjacent to an activating group) is 1. The van der Waals surface area contributed by atoms with E-state index in [1.807, 2.05) is 0 Å². The second-order valence-corrected chi connectivity index (χ2v) is 7.13. The molecule has 0 saturated heterocycles. The topological polar surface area (TPSA) is 106 Å². The van der Waals surface area contributed by atoms with Crippen molar-refractivity contribution in [1.82, 2.24) is 10.6 Å². The molecule has 0 radical (unpaired) electrons. The molecule has 9 heteroatoms. The van der Waals surface area contributed by atoms with Crippen LogP contribution in [0.25, 0.3) is 0 Å². The first-order valence-electron chi connectivity index (χ1n) is 9.34. The van der Waals surface area contributed by atoms with Gasteiger partial charge in [0.05, 0.1) is 17.7 Å². The summed E-state index contributed by atoms with van der Waals surface area (Å²) in [5.41, 5.74) is 1.14. The van der Waals surface area contributed by atoms with Crippen LogP contribution >= 0.6 is 11.6 Å². The van der Waals surface area contributed by atoms with Gasteiger partial charge in [0.15, 0.2) is 18.1 Å². The van der Waals surface area contributed by atoms with E-state index < -0.39 is 5.91 Å². The minimum Gasteiger partial charge on any atom is -0.493 e. The smallest absolute Gasteiger partial charge is 0.257 e. The summed E-state index contributed by atoms with van der Waals surface area (Å²) in [5.74, 6) is -0.247. The first-order chi connectivity index (χ1) is 14.4. The molecule has 1 fully saturated rings. The second-order valence-electron chi connectivity index (χ2n) is 6.72. The van der Waals surface area contributed by atoms with E-state index in [1.165, 1.54) is 26.3 Å². The van der Waals surface area contributed by atoms with Crippen LogP contribution in [0.5, 0.6) is 11.5 Å². The number of methoxy groups -OCH3 is 1. The van der Waals surface area contributed by atoms with Gasteiger partial charge in [-0.2, -0.15) is 0 Å². The Hall–Kier alpha value is -3.26. The highest BCUT2D eigenvalue weighted by Crippen LogP contribution is 2.29. The fourth-order valence-corrected chi connectivity index (χ4v) is 2.88. The normalized spacial score (nSPS) is 12.6. The standard InChI is InChI=1S/C21H22ClN3O5/c1-23-19(26)11-30-17-8-3-12(9-18(17)29-2)20(27)25-14-6-7-15(16(22)10-14)21(28)24-13-4-5-13/h3,6-10,13H,4-5,11H2,1-2H3,(H,23,26)(H,24,28)(H,25,27). The number of anilines is 1. The molecule has 158 valence electrons. The quantitative estimate of drug-likeness (QED) is 0.595. The summed E-state index contributed by atoms with van der Waals surface area (Å²) in [6.45, 7) is -0.169. The van der Waals surface area contributed by atoms with Gasteiger partial charge in [-0.25, -0.2) is 0 Å². The number of amides is 3. The van der Waals surface area contributed by atoms with Gasteiger partial charge in [0.25, 0.3) is 17.7 Å². The lowest BCUT2D eigenvalue weighted by molar-refractivity contribution is -0.122. The van der Waals surface area contributed by atoms with E-state index in [0.29, 0.717) is 28.3 Å². The van der Waals surface area contributed by atoms with Gasteiger partial charge in [0.2, 0.25) is 0 Å². The Morgan fingerprint density at radius 1 is 1.07 bits per heavy atom. The van der Waals surface area contributed by atoms with E-state index in [1.54, 1.807) is 24.3 Å². The summed E-state index contributed by atoms with van der Waals surface area (Å²) in [5, 5.41) is 8.31. The average molecular weight is 432 g/mol. The van der Waals surface area contributed by atoms with E-state index in [9.17, 15) is 14.4 Å². The molecule has 2 aromatic carbocycles. The minimum atomic E-state index is -0.391. The van der Waals surface area contributed by atoms with Gasteiger partial charge in [-0.1, -0.05) is 11.6 Å². The Bertz CT molecular complexity index is 975. The molecular formula is C21H22ClN3O5. The van der Waals surface area contributed by atoms with Crippen molar-refractivity contribution in [3.8, 4) is 11.5 Å². The van der Waals surface area contributed by atoms with Crippen molar-refractivity contribution in [2.45, 2.75) is 18.9 Å². The van der Waals surface area contributed by atoms with Crippen LogP contribution in [0.2, 0.25) is 5.02 Å². The highest BCUT2D eigenvalue weighted by atomic mass is 35.5. The number of rotatable bonds is 8. The van der Waals surface area contributed by atoms with Crippen LogP contribution in [0.4, 0.5) is 5.69 Å². The number of hydrogen-bond acceptors (Lipinski definition) is 5. The number of nitrogens with one attached hydrogen (secondary N) is 3. The van der Waals surface area contributed by atoms with Crippen molar-refractivity contribution in [3.05, 3.63) is 52.5 Å². The van der Waals surface area contributed by atoms with E-state index >= 15 is 0 Å². The molecule has 1 aliphatic carbocycles. The summed E-state index contributed by atoms with van der Waals surface area (Å²) < 4.78 is 10.6. The van der Waals surface area contributed by atoms with Crippen LogP contribution in [0.3, 0.4) is 0 Å². The van der Waals surface area contributed by atoms with Crippen molar-refractivity contribution in [2.24, 2.45) is 0 Å². The number of hydrogen-bond donors (Lipinski definition) is 3. The van der Waals surface area contributed by atoms with Crippen LogP contribution in [-0.4, -0.2) is 44.5 Å². The predicted octanol–water partition coefficient (Wildman–Crippen LogP) is 2.62. The van der Waals surface area contributed by atoms with Crippen LogP contribution in [0.1, 0.15) is 33.6 Å². The molecule has 3 rings (SSSR count). The summed E-state index contributed by atoms with van der Waals surface area (Å²) in [7, 11) is 2.95. The summed E-state index contributed by atoms with van der Waals surface area (Å²) in [6, 6.07) is 9.55. The number of carbonyl (C=O) groups excluding carboxylic acids is 3. The Morgan fingerprint density at radius 2 is 1.83 bits per heavy atom. The fourth-order valence-electron chi connectivity index (χ4n) is 2.61. The predicted molar refractivity (Wildman–Crippen MR) is 112 cm³/mol. The molecule has 0 heterocycles. The average Bonchev–Trinajstić information content (AvgIpc) is 3.55. The lowest BCUT2D eigenvalue weighted by Crippen LogP contribution is -2.25. The van der Waals surface area contributed by atoms with E-state index in [0.717, 1.165) is 12.8 Å². The van der Waals surface area contributed by atoms with E-state index in [-0.39, 0.29) is 29.5 Å². The van der Waals surface area contributed by atoms with Gasteiger partial charge in [-0.05, 0) is 49.2 Å². The maximum absolute atomic E-state index is 12.6. The summed E-state index contributed by atoms with van der Waals surface area (Å²) in [4.78, 5) is 36.1. The van der Waals surface area contributed by atoms with Crippen molar-refractivity contribution in [3.63, 3.8) is 0 Å². The number of carbonyl (C=O) groups is 3. The van der Waals surface area contributed by atoms with Crippen molar-refractivity contribution < 1.29 is 23.9 Å². The fraction of sp³-hybridized carbons (Fsp3) is 0.286. The van der Waals surface area contributed by atoms with Crippen LogP contribution in [0.15, 0.2) is 36.4 Å². The molecule has 0 atom stereocenters. The molecule has 8 nitrogen and oxygen atoms in total. The Labute approximate surface area is 178 Å². The lowest BCUT2D eigenvalue weighted by atomic mass is 10.1. The van der Waals surface area contributed by atoms with Crippen molar-refractivity contribution >= 4 is 35.0 Å². The maximum atomic E-state index is 12.6. The van der Waals surface area contributed by atoms with Gasteiger partial charge in [0.1, 0.15) is 0 Å². The summed E-state index contributed by atoms with van der Waals surface area (Å²) >= 11 is 6.22. The molecule has 0 spiro atoms. The van der Waals surface area contributed by atoms with Gasteiger partial charge in [-0.15, -0.1) is 0 Å². The Balaban J connectivity index is 1.68. The molecule has 30 heavy (non-hydrogen) atoms. The molecule has 2 aromatic rings. The zero-order valence-corrected chi connectivity index (χ0v) is 17.3. The molecular weight excluding hydrogens is 410 g/mol. The summed E-state index contributed by atoms with van der Waals surface area (Å²) in [6.07, 6.45) is 1.97. The molecule has 3 N–H and O–H groups in total. The van der Waals surface area contributed by atoms with E-state index in [4.69, 9.17) is 21.1 Å². The SMILES string of the molecule is CNC(=O)COc1ccc(C(=O)Nc2ccc(C(=O)NC3CC3)c(Cl)c2)cc1OC. The molecule has 0 aliphatic heterocycles. The van der Waals surface area contributed by atoms with Gasteiger partial charge < -0.3 is 25.4 Å². The van der Waals surface area contributed by atoms with Gasteiger partial charge in [-0.3, -0.25) is 14.4 Å². The highest BCUT2D eigenvalue weighted by molar-refractivity contribution is 6.34. The number of benzene rings is 2. The third kappa shape index (κ3) is 5.42. The van der Waals surface area contributed by atoms with Gasteiger partial charge >= 0.3 is 0 Å². The minimum absolute atomic E-state index is 0.169. The maximum Gasteiger partial charge on any atom is 0.257 e. The zero-order chi connectivity index (χ0) is 21.7.